The van der Waals surface area contributed by atoms with Gasteiger partial charge in [0.05, 0.1) is 0 Å². The maximum Gasteiger partial charge on any atom is 0.0426 e. The van der Waals surface area contributed by atoms with E-state index in [2.05, 4.69) is 24.8 Å². The number of nitrogens with two attached hydrogens (primary N) is 1. The average Bonchev–Trinajstić information content (AvgIpc) is 2.24. The fraction of sp³-hybridized carbons (Fsp3) is 0.500. The van der Waals surface area contributed by atoms with Gasteiger partial charge in [0, 0.05) is 23.8 Å². The molecule has 0 aliphatic rings. The van der Waals surface area contributed by atoms with Gasteiger partial charge in [-0.25, -0.2) is 0 Å². The third-order valence-corrected chi connectivity index (χ3v) is 2.80. The van der Waals surface area contributed by atoms with E-state index in [1.54, 1.807) is 0 Å². The minimum absolute atomic E-state index is 0.676. The number of benzene rings is 1. The zero-order valence-corrected chi connectivity index (χ0v) is 10.2. The van der Waals surface area contributed by atoms with Gasteiger partial charge in [-0.15, -0.1) is 0 Å². The summed E-state index contributed by atoms with van der Waals surface area (Å²) in [5.74, 6) is 0. The van der Waals surface area contributed by atoms with Crippen LogP contribution in [-0.2, 0) is 6.42 Å². The van der Waals surface area contributed by atoms with Crippen molar-refractivity contribution in [2.75, 3.05) is 24.5 Å². The molecule has 0 aromatic heterocycles. The quantitative estimate of drug-likeness (QED) is 0.837. The van der Waals surface area contributed by atoms with Gasteiger partial charge in [0.25, 0.3) is 0 Å². The van der Waals surface area contributed by atoms with Gasteiger partial charge >= 0.3 is 0 Å². The van der Waals surface area contributed by atoms with E-state index in [0.29, 0.717) is 6.54 Å². The molecule has 0 saturated heterocycles. The summed E-state index contributed by atoms with van der Waals surface area (Å²) in [5, 5.41) is 0.790. The van der Waals surface area contributed by atoms with Crippen molar-refractivity contribution in [2.24, 2.45) is 5.73 Å². The number of hydrogen-bond donors (Lipinski definition) is 1. The molecule has 2 N–H and O–H groups in total. The van der Waals surface area contributed by atoms with Crippen molar-refractivity contribution in [3.05, 3.63) is 28.8 Å². The van der Waals surface area contributed by atoms with E-state index < -0.39 is 0 Å². The van der Waals surface area contributed by atoms with Crippen LogP contribution in [-0.4, -0.2) is 19.6 Å². The lowest BCUT2D eigenvalue weighted by molar-refractivity contribution is 0.849. The molecule has 84 valence electrons. The summed E-state index contributed by atoms with van der Waals surface area (Å²) in [6.45, 7) is 6.96. The highest BCUT2D eigenvalue weighted by Crippen LogP contribution is 2.25. The van der Waals surface area contributed by atoms with E-state index in [1.807, 2.05) is 12.1 Å². The second kappa shape index (κ2) is 5.99. The van der Waals surface area contributed by atoms with Crippen LogP contribution in [0.1, 0.15) is 19.4 Å². The summed E-state index contributed by atoms with van der Waals surface area (Å²) in [4.78, 5) is 2.30. The van der Waals surface area contributed by atoms with E-state index in [9.17, 15) is 0 Å². The van der Waals surface area contributed by atoms with Crippen LogP contribution in [0.4, 0.5) is 5.69 Å². The number of halogens is 1. The molecule has 15 heavy (non-hydrogen) atoms. The summed E-state index contributed by atoms with van der Waals surface area (Å²) in [6.07, 6.45) is 0.906. The van der Waals surface area contributed by atoms with E-state index in [-0.39, 0.29) is 0 Å². The minimum atomic E-state index is 0.676. The summed E-state index contributed by atoms with van der Waals surface area (Å²) in [6, 6.07) is 6.03. The number of anilines is 1. The predicted octanol–water partition coefficient (Wildman–Crippen LogP) is 2.69. The maximum atomic E-state index is 6.02. The van der Waals surface area contributed by atoms with Crippen molar-refractivity contribution in [3.63, 3.8) is 0 Å². The van der Waals surface area contributed by atoms with E-state index >= 15 is 0 Å². The first-order chi connectivity index (χ1) is 7.22. The second-order valence-corrected chi connectivity index (χ2v) is 3.92. The SMILES string of the molecule is CCN(CC)c1cc(Cl)ccc1CCN. The van der Waals surface area contributed by atoms with Crippen LogP contribution in [0.3, 0.4) is 0 Å². The van der Waals surface area contributed by atoms with Crippen molar-refractivity contribution in [2.45, 2.75) is 20.3 Å². The summed E-state index contributed by atoms with van der Waals surface area (Å²) >= 11 is 6.02. The minimum Gasteiger partial charge on any atom is -0.372 e. The Morgan fingerprint density at radius 2 is 1.93 bits per heavy atom. The van der Waals surface area contributed by atoms with Crippen LogP contribution in [0, 0.1) is 0 Å². The zero-order valence-electron chi connectivity index (χ0n) is 9.46. The van der Waals surface area contributed by atoms with E-state index in [0.717, 1.165) is 24.5 Å². The molecule has 0 amide bonds. The molecule has 0 atom stereocenters. The van der Waals surface area contributed by atoms with Crippen molar-refractivity contribution in [3.8, 4) is 0 Å². The summed E-state index contributed by atoms with van der Waals surface area (Å²) in [5.41, 5.74) is 8.10. The van der Waals surface area contributed by atoms with Crippen LogP contribution < -0.4 is 10.6 Å². The van der Waals surface area contributed by atoms with Crippen LogP contribution in [0.15, 0.2) is 18.2 Å². The third-order valence-electron chi connectivity index (χ3n) is 2.57. The molecule has 0 aliphatic heterocycles. The largest absolute Gasteiger partial charge is 0.372 e. The molecule has 0 heterocycles. The van der Waals surface area contributed by atoms with Gasteiger partial charge in [-0.2, -0.15) is 0 Å². The highest BCUT2D eigenvalue weighted by atomic mass is 35.5. The summed E-state index contributed by atoms with van der Waals surface area (Å²) < 4.78 is 0. The molecular formula is C12H19ClN2. The Morgan fingerprint density at radius 1 is 1.27 bits per heavy atom. The molecule has 0 bridgehead atoms. The molecule has 3 heteroatoms. The van der Waals surface area contributed by atoms with Crippen molar-refractivity contribution < 1.29 is 0 Å². The predicted molar refractivity (Wildman–Crippen MR) is 67.8 cm³/mol. The van der Waals surface area contributed by atoms with E-state index in [1.165, 1.54) is 11.3 Å². The fourth-order valence-electron chi connectivity index (χ4n) is 1.76. The smallest absolute Gasteiger partial charge is 0.0426 e. The van der Waals surface area contributed by atoms with Crippen LogP contribution >= 0.6 is 11.6 Å². The zero-order chi connectivity index (χ0) is 11.3. The van der Waals surface area contributed by atoms with Crippen LogP contribution in [0.5, 0.6) is 0 Å². The van der Waals surface area contributed by atoms with Gasteiger partial charge in [0.2, 0.25) is 0 Å². The molecule has 2 nitrogen and oxygen atoms in total. The molecule has 0 fully saturated rings. The van der Waals surface area contributed by atoms with Crippen molar-refractivity contribution in [1.82, 2.24) is 0 Å². The molecule has 1 aromatic rings. The summed E-state index contributed by atoms with van der Waals surface area (Å²) in [7, 11) is 0. The number of rotatable bonds is 5. The topological polar surface area (TPSA) is 29.3 Å². The molecule has 0 spiro atoms. The molecule has 0 unspecified atom stereocenters. The Labute approximate surface area is 97.0 Å². The van der Waals surface area contributed by atoms with Crippen molar-refractivity contribution in [1.29, 1.82) is 0 Å². The third kappa shape index (κ3) is 3.11. The molecule has 0 saturated carbocycles. The standard InChI is InChI=1S/C12H19ClN2/c1-3-15(4-2)12-9-11(13)6-5-10(12)7-8-14/h5-6,9H,3-4,7-8,14H2,1-2H3. The van der Waals surface area contributed by atoms with Crippen LogP contribution in [0.25, 0.3) is 0 Å². The average molecular weight is 227 g/mol. The Morgan fingerprint density at radius 3 is 2.47 bits per heavy atom. The van der Waals surface area contributed by atoms with Gasteiger partial charge < -0.3 is 10.6 Å². The first-order valence-corrected chi connectivity index (χ1v) is 5.84. The Bertz CT molecular complexity index is 308. The molecule has 1 aromatic carbocycles. The van der Waals surface area contributed by atoms with Crippen molar-refractivity contribution >= 4 is 17.3 Å². The lowest BCUT2D eigenvalue weighted by Gasteiger charge is -2.24. The fourth-order valence-corrected chi connectivity index (χ4v) is 1.93. The van der Waals surface area contributed by atoms with Gasteiger partial charge in [-0.05, 0) is 44.5 Å². The van der Waals surface area contributed by atoms with Gasteiger partial charge in [-0.3, -0.25) is 0 Å². The number of nitrogens with zero attached hydrogens (tertiary/aromatic N) is 1. The monoisotopic (exact) mass is 226 g/mol. The lowest BCUT2D eigenvalue weighted by atomic mass is 10.1. The van der Waals surface area contributed by atoms with Gasteiger partial charge in [0.15, 0.2) is 0 Å². The van der Waals surface area contributed by atoms with Crippen LogP contribution in [0.2, 0.25) is 5.02 Å². The van der Waals surface area contributed by atoms with E-state index in [4.69, 9.17) is 17.3 Å². The Balaban J connectivity index is 3.04. The Kier molecular flexibility index (Phi) is 4.92. The molecule has 0 radical (unpaired) electrons. The van der Waals surface area contributed by atoms with Gasteiger partial charge in [-0.1, -0.05) is 17.7 Å². The Hall–Kier alpha value is -0.730. The second-order valence-electron chi connectivity index (χ2n) is 3.48. The first kappa shape index (κ1) is 12.3. The molecular weight excluding hydrogens is 208 g/mol. The first-order valence-electron chi connectivity index (χ1n) is 5.46. The molecule has 0 aliphatic carbocycles. The molecule has 1 rings (SSSR count). The highest BCUT2D eigenvalue weighted by Gasteiger charge is 2.08. The lowest BCUT2D eigenvalue weighted by Crippen LogP contribution is -2.23. The number of hydrogen-bond acceptors (Lipinski definition) is 2. The normalized spacial score (nSPS) is 10.4. The maximum absolute atomic E-state index is 6.02. The van der Waals surface area contributed by atoms with Gasteiger partial charge in [0.1, 0.15) is 0 Å². The highest BCUT2D eigenvalue weighted by molar-refractivity contribution is 6.30.